The molecule has 1 saturated heterocycles. The molecule has 0 saturated carbocycles. The van der Waals surface area contributed by atoms with E-state index in [1.54, 1.807) is 11.9 Å². The second-order valence-corrected chi connectivity index (χ2v) is 4.97. The largest absolute Gasteiger partial charge is 0.481 e. The molecule has 1 atom stereocenters. The van der Waals surface area contributed by atoms with Crippen LogP contribution in [0, 0.1) is 5.92 Å². The first-order valence-electron chi connectivity index (χ1n) is 6.91. The minimum atomic E-state index is -0.873. The highest BCUT2D eigenvalue weighted by atomic mass is 16.4. The Balaban J connectivity index is 2.51. The molecule has 1 N–H and O–H groups in total. The summed E-state index contributed by atoms with van der Waals surface area (Å²) < 4.78 is 0. The zero-order valence-electron chi connectivity index (χ0n) is 12.3. The Hall–Kier alpha value is -1.79. The minimum Gasteiger partial charge on any atom is -0.481 e. The van der Waals surface area contributed by atoms with Gasteiger partial charge in [-0.05, 0) is 20.3 Å². The van der Waals surface area contributed by atoms with E-state index in [1.165, 1.54) is 9.80 Å². The highest BCUT2D eigenvalue weighted by molar-refractivity contribution is 5.84. The summed E-state index contributed by atoms with van der Waals surface area (Å²) in [6, 6.07) is -0.283. The maximum Gasteiger partial charge on any atom is 0.320 e. The van der Waals surface area contributed by atoms with E-state index < -0.39 is 11.9 Å². The van der Waals surface area contributed by atoms with Gasteiger partial charge in [-0.2, -0.15) is 0 Å². The molecule has 1 rings (SSSR count). The zero-order valence-corrected chi connectivity index (χ0v) is 12.3. The molecular formula is C13H23N3O4. The van der Waals surface area contributed by atoms with Crippen molar-refractivity contribution in [2.45, 2.75) is 20.3 Å². The van der Waals surface area contributed by atoms with Crippen molar-refractivity contribution in [1.29, 1.82) is 0 Å². The lowest BCUT2D eigenvalue weighted by Crippen LogP contribution is -2.46. The Morgan fingerprint density at radius 2 is 1.85 bits per heavy atom. The van der Waals surface area contributed by atoms with Crippen LogP contribution in [-0.4, -0.2) is 77.5 Å². The average Bonchev–Trinajstić information content (AvgIpc) is 2.88. The van der Waals surface area contributed by atoms with E-state index in [1.807, 2.05) is 13.8 Å². The van der Waals surface area contributed by atoms with Crippen LogP contribution in [0.1, 0.15) is 20.3 Å². The number of amides is 3. The number of carboxylic acid groups (broad SMARTS) is 1. The van der Waals surface area contributed by atoms with Crippen LogP contribution in [0.25, 0.3) is 0 Å². The van der Waals surface area contributed by atoms with Crippen molar-refractivity contribution < 1.29 is 19.5 Å². The molecule has 0 bridgehead atoms. The summed E-state index contributed by atoms with van der Waals surface area (Å²) in [6.45, 7) is 5.68. The number of hydrogen-bond acceptors (Lipinski definition) is 3. The molecule has 1 aliphatic heterocycles. The third-order valence-electron chi connectivity index (χ3n) is 3.62. The number of urea groups is 1. The maximum atomic E-state index is 12.1. The van der Waals surface area contributed by atoms with Gasteiger partial charge in [-0.3, -0.25) is 9.59 Å². The van der Waals surface area contributed by atoms with Gasteiger partial charge in [0.1, 0.15) is 6.54 Å². The van der Waals surface area contributed by atoms with Crippen molar-refractivity contribution in [3.8, 4) is 0 Å². The number of likely N-dealkylation sites (tertiary alicyclic amines) is 1. The van der Waals surface area contributed by atoms with Crippen LogP contribution in [0.2, 0.25) is 0 Å². The summed E-state index contributed by atoms with van der Waals surface area (Å²) in [5.74, 6) is -1.46. The first kappa shape index (κ1) is 16.3. The second kappa shape index (κ2) is 7.12. The van der Waals surface area contributed by atoms with E-state index in [0.717, 1.165) is 0 Å². The molecular weight excluding hydrogens is 262 g/mol. The van der Waals surface area contributed by atoms with Crippen LogP contribution in [0.4, 0.5) is 4.79 Å². The molecule has 0 radical (unpaired) electrons. The lowest BCUT2D eigenvalue weighted by atomic mass is 10.1. The van der Waals surface area contributed by atoms with Gasteiger partial charge >= 0.3 is 12.0 Å². The van der Waals surface area contributed by atoms with Crippen molar-refractivity contribution in [3.63, 3.8) is 0 Å². The zero-order chi connectivity index (χ0) is 15.3. The fourth-order valence-electron chi connectivity index (χ4n) is 2.32. The molecule has 0 aromatic carbocycles. The number of carbonyl (C=O) groups excluding carboxylic acids is 2. The van der Waals surface area contributed by atoms with Crippen molar-refractivity contribution in [3.05, 3.63) is 0 Å². The van der Waals surface area contributed by atoms with Crippen LogP contribution in [-0.2, 0) is 9.59 Å². The summed E-state index contributed by atoms with van der Waals surface area (Å²) >= 11 is 0. The van der Waals surface area contributed by atoms with E-state index in [9.17, 15) is 14.4 Å². The van der Waals surface area contributed by atoms with Gasteiger partial charge < -0.3 is 19.8 Å². The minimum absolute atomic E-state index is 0.0226. The predicted octanol–water partition coefficient (Wildman–Crippen LogP) is 0.313. The number of aliphatic carboxylic acids is 1. The van der Waals surface area contributed by atoms with E-state index in [4.69, 9.17) is 5.11 Å². The van der Waals surface area contributed by atoms with Crippen LogP contribution in [0.5, 0.6) is 0 Å². The number of carbonyl (C=O) groups is 3. The summed E-state index contributed by atoms with van der Waals surface area (Å²) in [7, 11) is 1.57. The fraction of sp³-hybridized carbons (Fsp3) is 0.769. The lowest BCUT2D eigenvalue weighted by Gasteiger charge is -2.26. The SMILES string of the molecule is CCN(CC)C(=O)CN(C)C(=O)N1CCC(C(=O)O)C1. The van der Waals surface area contributed by atoms with Crippen LogP contribution >= 0.6 is 0 Å². The van der Waals surface area contributed by atoms with Crippen molar-refractivity contribution >= 4 is 17.9 Å². The smallest absolute Gasteiger partial charge is 0.320 e. The Bertz CT molecular complexity index is 382. The molecule has 20 heavy (non-hydrogen) atoms. The van der Waals surface area contributed by atoms with E-state index >= 15 is 0 Å². The number of likely N-dealkylation sites (N-methyl/N-ethyl adjacent to an activating group) is 2. The van der Waals surface area contributed by atoms with Gasteiger partial charge in [0.2, 0.25) is 5.91 Å². The topological polar surface area (TPSA) is 81.2 Å². The average molecular weight is 285 g/mol. The molecule has 0 aromatic heterocycles. The fourth-order valence-corrected chi connectivity index (χ4v) is 2.32. The summed E-state index contributed by atoms with van der Waals surface area (Å²) in [5, 5.41) is 8.92. The van der Waals surface area contributed by atoms with Crippen LogP contribution in [0.3, 0.4) is 0 Å². The molecule has 7 heteroatoms. The Kier molecular flexibility index (Phi) is 5.79. The Labute approximate surface area is 119 Å². The molecule has 114 valence electrons. The Morgan fingerprint density at radius 3 is 2.30 bits per heavy atom. The number of nitrogens with zero attached hydrogens (tertiary/aromatic N) is 3. The molecule has 0 spiro atoms. The first-order valence-corrected chi connectivity index (χ1v) is 6.91. The van der Waals surface area contributed by atoms with Crippen molar-refractivity contribution in [2.75, 3.05) is 39.8 Å². The maximum absolute atomic E-state index is 12.1. The van der Waals surface area contributed by atoms with E-state index in [2.05, 4.69) is 0 Å². The van der Waals surface area contributed by atoms with Crippen molar-refractivity contribution in [2.24, 2.45) is 5.92 Å². The van der Waals surface area contributed by atoms with Gasteiger partial charge in [0, 0.05) is 33.2 Å². The number of carboxylic acids is 1. The van der Waals surface area contributed by atoms with E-state index in [-0.39, 0.29) is 25.0 Å². The highest BCUT2D eigenvalue weighted by Crippen LogP contribution is 2.17. The second-order valence-electron chi connectivity index (χ2n) is 4.97. The van der Waals surface area contributed by atoms with Crippen LogP contribution in [0.15, 0.2) is 0 Å². The number of hydrogen-bond donors (Lipinski definition) is 1. The monoisotopic (exact) mass is 285 g/mol. The predicted molar refractivity (Wildman–Crippen MR) is 73.3 cm³/mol. The molecule has 0 aliphatic carbocycles. The molecule has 1 heterocycles. The molecule has 1 aliphatic rings. The van der Waals surface area contributed by atoms with E-state index in [0.29, 0.717) is 26.1 Å². The molecule has 3 amide bonds. The summed E-state index contributed by atoms with van der Waals surface area (Å²) in [4.78, 5) is 39.4. The molecule has 0 aromatic rings. The van der Waals surface area contributed by atoms with Gasteiger partial charge in [0.25, 0.3) is 0 Å². The Morgan fingerprint density at radius 1 is 1.25 bits per heavy atom. The third kappa shape index (κ3) is 3.85. The first-order chi connectivity index (χ1) is 9.40. The third-order valence-corrected chi connectivity index (χ3v) is 3.62. The summed E-state index contributed by atoms with van der Waals surface area (Å²) in [5.41, 5.74) is 0. The van der Waals surface area contributed by atoms with Gasteiger partial charge in [0.15, 0.2) is 0 Å². The standard InChI is InChI=1S/C13H23N3O4/c1-4-15(5-2)11(17)9-14(3)13(20)16-7-6-10(8-16)12(18)19/h10H,4-9H2,1-3H3,(H,18,19). The quantitative estimate of drug-likeness (QED) is 0.788. The molecule has 1 unspecified atom stereocenters. The molecule has 7 nitrogen and oxygen atoms in total. The number of rotatable bonds is 5. The normalized spacial score (nSPS) is 17.9. The van der Waals surface area contributed by atoms with Crippen molar-refractivity contribution in [1.82, 2.24) is 14.7 Å². The van der Waals surface area contributed by atoms with Gasteiger partial charge in [-0.25, -0.2) is 4.79 Å². The van der Waals surface area contributed by atoms with Crippen LogP contribution < -0.4 is 0 Å². The van der Waals surface area contributed by atoms with Gasteiger partial charge in [0.05, 0.1) is 5.92 Å². The lowest BCUT2D eigenvalue weighted by molar-refractivity contribution is -0.141. The summed E-state index contributed by atoms with van der Waals surface area (Å²) in [6.07, 6.45) is 0.471. The van der Waals surface area contributed by atoms with Gasteiger partial charge in [-0.1, -0.05) is 0 Å². The van der Waals surface area contributed by atoms with Gasteiger partial charge in [-0.15, -0.1) is 0 Å². The molecule has 1 fully saturated rings. The highest BCUT2D eigenvalue weighted by Gasteiger charge is 2.32.